The number of phenolic OH excluding ortho intramolecular Hbond substituents is 1. The molecule has 0 amide bonds. The average molecular weight is 355 g/mol. The summed E-state index contributed by atoms with van der Waals surface area (Å²) in [5.74, 6) is 2.67. The van der Waals surface area contributed by atoms with Crippen LogP contribution in [0.5, 0.6) is 23.0 Å². The quantitative estimate of drug-likeness (QED) is 0.911. The highest BCUT2D eigenvalue weighted by Gasteiger charge is 2.39. The van der Waals surface area contributed by atoms with E-state index in [1.807, 2.05) is 18.2 Å². The number of hydrogen-bond acceptors (Lipinski definition) is 5. The van der Waals surface area contributed by atoms with E-state index in [9.17, 15) is 5.11 Å². The Kier molecular flexibility index (Phi) is 4.19. The Morgan fingerprint density at radius 1 is 1.00 bits per heavy atom. The lowest BCUT2D eigenvalue weighted by molar-refractivity contribution is 0.136. The van der Waals surface area contributed by atoms with E-state index in [1.54, 1.807) is 21.3 Å². The van der Waals surface area contributed by atoms with E-state index in [0.717, 1.165) is 31.0 Å². The molecule has 0 aliphatic carbocycles. The largest absolute Gasteiger partial charge is 0.504 e. The zero-order valence-electron chi connectivity index (χ0n) is 15.7. The summed E-state index contributed by atoms with van der Waals surface area (Å²) in [5, 5.41) is 10.1. The monoisotopic (exact) mass is 355 g/mol. The maximum absolute atomic E-state index is 10.1. The summed E-state index contributed by atoms with van der Waals surface area (Å²) in [6.45, 7) is 4.04. The molecule has 0 fully saturated rings. The Morgan fingerprint density at radius 3 is 2.46 bits per heavy atom. The predicted molar refractivity (Wildman–Crippen MR) is 99.5 cm³/mol. The lowest BCUT2D eigenvalue weighted by Crippen LogP contribution is -2.41. The summed E-state index contributed by atoms with van der Waals surface area (Å²) in [5.41, 5.74) is 4.97. The molecule has 5 nitrogen and oxygen atoms in total. The third-order valence-corrected chi connectivity index (χ3v) is 5.83. The lowest BCUT2D eigenvalue weighted by Gasteiger charge is -2.45. The van der Waals surface area contributed by atoms with Gasteiger partial charge in [-0.05, 0) is 41.3 Å². The summed E-state index contributed by atoms with van der Waals surface area (Å²) in [6, 6.07) is 8.28. The molecule has 2 aliphatic heterocycles. The fraction of sp³-hybridized carbons (Fsp3) is 0.429. The van der Waals surface area contributed by atoms with Crippen LogP contribution >= 0.6 is 0 Å². The maximum atomic E-state index is 10.1. The highest BCUT2D eigenvalue weighted by atomic mass is 16.5. The summed E-state index contributed by atoms with van der Waals surface area (Å²) in [7, 11) is 4.97. The first-order valence-electron chi connectivity index (χ1n) is 8.96. The van der Waals surface area contributed by atoms with Crippen LogP contribution in [0.15, 0.2) is 24.3 Å². The van der Waals surface area contributed by atoms with Gasteiger partial charge >= 0.3 is 0 Å². The Hall–Kier alpha value is -2.40. The van der Waals surface area contributed by atoms with Crippen molar-refractivity contribution in [3.63, 3.8) is 0 Å². The van der Waals surface area contributed by atoms with E-state index in [-0.39, 0.29) is 11.8 Å². The predicted octanol–water partition coefficient (Wildman–Crippen LogP) is 3.63. The summed E-state index contributed by atoms with van der Waals surface area (Å²) >= 11 is 0. The second kappa shape index (κ2) is 6.40. The standard InChI is InChI=1S/C21H25NO4/c1-12-14-5-6-18(24-2)21(26-4)16(14)11-22-8-7-13-9-17(23)19(25-3)10-15(13)20(12)22/h5-6,9-10,12,20,23H,7-8,11H2,1-4H3/t12-,20+/m1/s1. The third-order valence-electron chi connectivity index (χ3n) is 5.83. The minimum atomic E-state index is 0.218. The number of ether oxygens (including phenoxy) is 3. The first-order chi connectivity index (χ1) is 12.6. The molecular weight excluding hydrogens is 330 g/mol. The van der Waals surface area contributed by atoms with Gasteiger partial charge in [0.15, 0.2) is 23.0 Å². The van der Waals surface area contributed by atoms with Gasteiger partial charge in [0.2, 0.25) is 0 Å². The van der Waals surface area contributed by atoms with Crippen molar-refractivity contribution in [3.8, 4) is 23.0 Å². The van der Waals surface area contributed by atoms with Gasteiger partial charge in [-0.25, -0.2) is 0 Å². The molecule has 2 aromatic rings. The fourth-order valence-corrected chi connectivity index (χ4v) is 4.61. The third kappa shape index (κ3) is 2.42. The normalized spacial score (nSPS) is 21.4. The number of methoxy groups -OCH3 is 3. The van der Waals surface area contributed by atoms with Gasteiger partial charge in [-0.2, -0.15) is 0 Å². The van der Waals surface area contributed by atoms with Crippen LogP contribution in [0.4, 0.5) is 0 Å². The van der Waals surface area contributed by atoms with Crippen molar-refractivity contribution in [3.05, 3.63) is 46.5 Å². The van der Waals surface area contributed by atoms with Crippen LogP contribution in [0, 0.1) is 0 Å². The topological polar surface area (TPSA) is 51.2 Å². The molecule has 0 radical (unpaired) electrons. The smallest absolute Gasteiger partial charge is 0.165 e. The fourth-order valence-electron chi connectivity index (χ4n) is 4.61. The molecule has 1 N–H and O–H groups in total. The number of fused-ring (bicyclic) bond motifs is 4. The zero-order chi connectivity index (χ0) is 18.4. The van der Waals surface area contributed by atoms with Crippen molar-refractivity contribution in [2.75, 3.05) is 27.9 Å². The van der Waals surface area contributed by atoms with Crippen LogP contribution in [-0.4, -0.2) is 37.9 Å². The molecule has 5 heteroatoms. The molecule has 2 aromatic carbocycles. The minimum Gasteiger partial charge on any atom is -0.504 e. The van der Waals surface area contributed by atoms with Crippen LogP contribution in [0.2, 0.25) is 0 Å². The number of aromatic hydroxyl groups is 1. The Bertz CT molecular complexity index is 848. The van der Waals surface area contributed by atoms with Crippen molar-refractivity contribution >= 4 is 0 Å². The number of nitrogens with zero attached hydrogens (tertiary/aromatic N) is 1. The van der Waals surface area contributed by atoms with Gasteiger partial charge in [-0.1, -0.05) is 13.0 Å². The molecule has 2 atom stereocenters. The van der Waals surface area contributed by atoms with Crippen LogP contribution in [0.25, 0.3) is 0 Å². The van der Waals surface area contributed by atoms with E-state index >= 15 is 0 Å². The van der Waals surface area contributed by atoms with Crippen LogP contribution in [-0.2, 0) is 13.0 Å². The average Bonchev–Trinajstić information content (AvgIpc) is 2.66. The molecule has 2 heterocycles. The van der Waals surface area contributed by atoms with Crippen LogP contribution in [0.3, 0.4) is 0 Å². The molecule has 0 aromatic heterocycles. The van der Waals surface area contributed by atoms with Gasteiger partial charge in [0.1, 0.15) is 0 Å². The first-order valence-corrected chi connectivity index (χ1v) is 8.96. The molecule has 0 bridgehead atoms. The molecule has 26 heavy (non-hydrogen) atoms. The van der Waals surface area contributed by atoms with Crippen LogP contribution in [0.1, 0.15) is 41.1 Å². The van der Waals surface area contributed by atoms with Gasteiger partial charge in [0, 0.05) is 30.6 Å². The SMILES string of the molecule is COc1cc2c(cc1O)CCN1Cc3c(ccc(OC)c3OC)[C@@H](C)[C@@H]21. The van der Waals surface area contributed by atoms with Crippen molar-refractivity contribution in [1.29, 1.82) is 0 Å². The summed E-state index contributed by atoms with van der Waals surface area (Å²) < 4.78 is 16.5. The van der Waals surface area contributed by atoms with Crippen molar-refractivity contribution in [2.24, 2.45) is 0 Å². The van der Waals surface area contributed by atoms with Gasteiger partial charge in [0.05, 0.1) is 21.3 Å². The van der Waals surface area contributed by atoms with E-state index in [0.29, 0.717) is 11.7 Å². The second-order valence-electron chi connectivity index (χ2n) is 7.05. The summed E-state index contributed by atoms with van der Waals surface area (Å²) in [4.78, 5) is 2.49. The Morgan fingerprint density at radius 2 is 1.77 bits per heavy atom. The number of benzene rings is 2. The molecule has 0 spiro atoms. The molecule has 0 saturated heterocycles. The van der Waals surface area contributed by atoms with Gasteiger partial charge in [0.25, 0.3) is 0 Å². The highest BCUT2D eigenvalue weighted by molar-refractivity contribution is 5.55. The van der Waals surface area contributed by atoms with Crippen molar-refractivity contribution in [2.45, 2.75) is 31.8 Å². The lowest BCUT2D eigenvalue weighted by atomic mass is 9.77. The van der Waals surface area contributed by atoms with E-state index in [2.05, 4.69) is 17.9 Å². The van der Waals surface area contributed by atoms with Gasteiger partial charge < -0.3 is 19.3 Å². The summed E-state index contributed by atoms with van der Waals surface area (Å²) in [6.07, 6.45) is 0.914. The molecule has 0 unspecified atom stereocenters. The number of hydrogen-bond donors (Lipinski definition) is 1. The second-order valence-corrected chi connectivity index (χ2v) is 7.05. The van der Waals surface area contributed by atoms with Crippen LogP contribution < -0.4 is 14.2 Å². The number of phenols is 1. The Labute approximate surface area is 154 Å². The van der Waals surface area contributed by atoms with E-state index in [1.165, 1.54) is 22.3 Å². The van der Waals surface area contributed by atoms with Crippen molar-refractivity contribution in [1.82, 2.24) is 4.90 Å². The van der Waals surface area contributed by atoms with E-state index in [4.69, 9.17) is 14.2 Å². The number of rotatable bonds is 3. The zero-order valence-corrected chi connectivity index (χ0v) is 15.7. The maximum Gasteiger partial charge on any atom is 0.165 e. The van der Waals surface area contributed by atoms with Gasteiger partial charge in [-0.3, -0.25) is 4.90 Å². The van der Waals surface area contributed by atoms with E-state index < -0.39 is 0 Å². The molecule has 0 saturated carbocycles. The minimum absolute atomic E-state index is 0.218. The highest BCUT2D eigenvalue weighted by Crippen LogP contribution is 2.50. The molecule has 2 aliphatic rings. The molecular formula is C21H25NO4. The van der Waals surface area contributed by atoms with Gasteiger partial charge in [-0.15, -0.1) is 0 Å². The van der Waals surface area contributed by atoms with Crippen molar-refractivity contribution < 1.29 is 19.3 Å². The molecule has 4 rings (SSSR count). The Balaban J connectivity index is 1.83. The first kappa shape index (κ1) is 17.0. The molecule has 138 valence electrons.